The first-order valence-electron chi connectivity index (χ1n) is 8.72. The fourth-order valence-corrected chi connectivity index (χ4v) is 3.77. The SMILES string of the molecule is Cc1cc([C@@H]2CN(C(=O)c3ccnc(Cl)c3F)CC[C@H]2C)n2ncnc2n1. The summed E-state index contributed by atoms with van der Waals surface area (Å²) in [6.45, 7) is 5.07. The first-order valence-corrected chi connectivity index (χ1v) is 9.10. The van der Waals surface area contributed by atoms with Crippen LogP contribution in [0.4, 0.5) is 4.39 Å². The smallest absolute Gasteiger partial charge is 0.257 e. The molecule has 0 spiro atoms. The number of rotatable bonds is 2. The number of nitrogens with zero attached hydrogens (tertiary/aromatic N) is 6. The van der Waals surface area contributed by atoms with Gasteiger partial charge in [-0.25, -0.2) is 18.9 Å². The molecule has 0 saturated carbocycles. The van der Waals surface area contributed by atoms with Crippen LogP contribution in [0.5, 0.6) is 0 Å². The molecule has 1 saturated heterocycles. The number of halogens is 2. The van der Waals surface area contributed by atoms with Crippen LogP contribution in [0.2, 0.25) is 5.15 Å². The Kier molecular flexibility index (Phi) is 4.51. The maximum absolute atomic E-state index is 14.3. The molecule has 7 nitrogen and oxygen atoms in total. The zero-order chi connectivity index (χ0) is 19.1. The minimum absolute atomic E-state index is 0.0361. The second-order valence-corrected chi connectivity index (χ2v) is 7.24. The molecule has 4 rings (SSSR count). The standard InChI is InChI=1S/C18H18ClFN6O/c1-10-4-6-25(17(27)12-3-5-21-16(19)15(12)20)8-13(10)14-7-11(2)24-18-22-9-23-26(14)18/h3,5,7,9-10,13H,4,6,8H2,1-2H3/t10-,13-/m1/s1. The summed E-state index contributed by atoms with van der Waals surface area (Å²) in [6, 6.07) is 3.34. The Bertz CT molecular complexity index is 1020. The monoisotopic (exact) mass is 388 g/mol. The quantitative estimate of drug-likeness (QED) is 0.631. The molecule has 1 aliphatic heterocycles. The van der Waals surface area contributed by atoms with Crippen LogP contribution < -0.4 is 0 Å². The zero-order valence-corrected chi connectivity index (χ0v) is 15.7. The van der Waals surface area contributed by atoms with Gasteiger partial charge in [0, 0.05) is 30.9 Å². The Labute approximate surface area is 160 Å². The molecule has 0 bridgehead atoms. The van der Waals surface area contributed by atoms with Crippen LogP contribution in [-0.4, -0.2) is 48.5 Å². The summed E-state index contributed by atoms with van der Waals surface area (Å²) < 4.78 is 16.0. The van der Waals surface area contributed by atoms with Crippen molar-refractivity contribution < 1.29 is 9.18 Å². The van der Waals surface area contributed by atoms with Crippen molar-refractivity contribution in [2.45, 2.75) is 26.2 Å². The highest BCUT2D eigenvalue weighted by atomic mass is 35.5. The minimum Gasteiger partial charge on any atom is -0.338 e. The molecule has 27 heavy (non-hydrogen) atoms. The molecule has 0 aliphatic carbocycles. The number of amides is 1. The topological polar surface area (TPSA) is 76.3 Å². The lowest BCUT2D eigenvalue weighted by Crippen LogP contribution is -2.43. The molecule has 3 aromatic rings. The van der Waals surface area contributed by atoms with Crippen LogP contribution in [0.3, 0.4) is 0 Å². The number of carbonyl (C=O) groups is 1. The highest BCUT2D eigenvalue weighted by Gasteiger charge is 2.33. The second kappa shape index (κ2) is 6.84. The Balaban J connectivity index is 1.68. The van der Waals surface area contributed by atoms with E-state index in [1.165, 1.54) is 18.6 Å². The molecule has 4 heterocycles. The van der Waals surface area contributed by atoms with E-state index in [-0.39, 0.29) is 22.5 Å². The zero-order valence-electron chi connectivity index (χ0n) is 14.9. The van der Waals surface area contributed by atoms with Crippen LogP contribution in [-0.2, 0) is 0 Å². The summed E-state index contributed by atoms with van der Waals surface area (Å²) in [5.41, 5.74) is 1.74. The van der Waals surface area contributed by atoms with Crippen LogP contribution in [0.25, 0.3) is 5.78 Å². The molecule has 140 valence electrons. The van der Waals surface area contributed by atoms with E-state index < -0.39 is 5.82 Å². The van der Waals surface area contributed by atoms with Gasteiger partial charge in [-0.2, -0.15) is 10.1 Å². The number of piperidine rings is 1. The average Bonchev–Trinajstić information content (AvgIpc) is 3.11. The number of fused-ring (bicyclic) bond motifs is 1. The summed E-state index contributed by atoms with van der Waals surface area (Å²) in [5.74, 6) is -0.261. The highest BCUT2D eigenvalue weighted by Crippen LogP contribution is 2.33. The average molecular weight is 389 g/mol. The summed E-state index contributed by atoms with van der Waals surface area (Å²) in [5, 5.41) is 3.98. The van der Waals surface area contributed by atoms with E-state index in [4.69, 9.17) is 11.6 Å². The highest BCUT2D eigenvalue weighted by molar-refractivity contribution is 6.29. The largest absolute Gasteiger partial charge is 0.338 e. The van der Waals surface area contributed by atoms with Crippen molar-refractivity contribution >= 4 is 23.3 Å². The third-order valence-corrected chi connectivity index (χ3v) is 5.37. The normalized spacial score (nSPS) is 20.2. The molecule has 3 aromatic heterocycles. The van der Waals surface area contributed by atoms with Gasteiger partial charge in [0.15, 0.2) is 11.0 Å². The number of likely N-dealkylation sites (tertiary alicyclic amines) is 1. The predicted octanol–water partition coefficient (Wildman–Crippen LogP) is 2.89. The van der Waals surface area contributed by atoms with Gasteiger partial charge in [0.1, 0.15) is 6.33 Å². The molecule has 1 amide bonds. The number of pyridine rings is 1. The van der Waals surface area contributed by atoms with Gasteiger partial charge >= 0.3 is 0 Å². The van der Waals surface area contributed by atoms with Gasteiger partial charge in [0.2, 0.25) is 0 Å². The molecule has 0 N–H and O–H groups in total. The molecule has 0 unspecified atom stereocenters. The second-order valence-electron chi connectivity index (χ2n) is 6.88. The van der Waals surface area contributed by atoms with Gasteiger partial charge in [0.25, 0.3) is 11.7 Å². The summed E-state index contributed by atoms with van der Waals surface area (Å²) >= 11 is 5.73. The van der Waals surface area contributed by atoms with E-state index in [0.29, 0.717) is 24.8 Å². The summed E-state index contributed by atoms with van der Waals surface area (Å²) in [6.07, 6.45) is 3.61. The molecule has 1 fully saturated rings. The van der Waals surface area contributed by atoms with Crippen LogP contribution in [0.15, 0.2) is 24.7 Å². The van der Waals surface area contributed by atoms with Gasteiger partial charge in [-0.15, -0.1) is 0 Å². The van der Waals surface area contributed by atoms with Crippen molar-refractivity contribution in [2.24, 2.45) is 5.92 Å². The predicted molar refractivity (Wildman–Crippen MR) is 97.1 cm³/mol. The van der Waals surface area contributed by atoms with Crippen LogP contribution in [0.1, 0.15) is 41.0 Å². The summed E-state index contributed by atoms with van der Waals surface area (Å²) in [4.78, 5) is 26.8. The number of aryl methyl sites for hydroxylation is 1. The first-order chi connectivity index (χ1) is 13.0. The Morgan fingerprint density at radius 3 is 3.00 bits per heavy atom. The van der Waals surface area contributed by atoms with Gasteiger partial charge in [-0.05, 0) is 31.4 Å². The maximum atomic E-state index is 14.3. The molecular weight excluding hydrogens is 371 g/mol. The van der Waals surface area contributed by atoms with E-state index in [1.54, 1.807) is 9.42 Å². The molecule has 0 aromatic carbocycles. The lowest BCUT2D eigenvalue weighted by atomic mass is 9.84. The number of hydrogen-bond donors (Lipinski definition) is 0. The van der Waals surface area contributed by atoms with Gasteiger partial charge < -0.3 is 4.90 Å². The number of hydrogen-bond acceptors (Lipinski definition) is 5. The lowest BCUT2D eigenvalue weighted by molar-refractivity contribution is 0.0661. The minimum atomic E-state index is -0.780. The van der Waals surface area contributed by atoms with Crippen molar-refractivity contribution in [3.05, 3.63) is 52.6 Å². The van der Waals surface area contributed by atoms with Crippen molar-refractivity contribution in [3.63, 3.8) is 0 Å². The third-order valence-electron chi connectivity index (χ3n) is 5.11. The molecule has 0 radical (unpaired) electrons. The molecule has 2 atom stereocenters. The Morgan fingerprint density at radius 1 is 1.37 bits per heavy atom. The van der Waals surface area contributed by atoms with E-state index in [2.05, 4.69) is 27.0 Å². The fraction of sp³-hybridized carbons (Fsp3) is 0.389. The van der Waals surface area contributed by atoms with Crippen molar-refractivity contribution in [2.75, 3.05) is 13.1 Å². The summed E-state index contributed by atoms with van der Waals surface area (Å²) in [7, 11) is 0. The Morgan fingerprint density at radius 2 is 2.19 bits per heavy atom. The van der Waals surface area contributed by atoms with Crippen molar-refractivity contribution in [1.29, 1.82) is 0 Å². The molecular formula is C18H18ClFN6O. The van der Waals surface area contributed by atoms with Crippen molar-refractivity contribution in [3.8, 4) is 0 Å². The van der Waals surface area contributed by atoms with E-state index in [9.17, 15) is 9.18 Å². The molecule has 1 aliphatic rings. The molecule has 9 heteroatoms. The Hall–Kier alpha value is -2.61. The lowest BCUT2D eigenvalue weighted by Gasteiger charge is -2.37. The van der Waals surface area contributed by atoms with Crippen LogP contribution in [0, 0.1) is 18.7 Å². The third kappa shape index (κ3) is 3.14. The van der Waals surface area contributed by atoms with Crippen molar-refractivity contribution in [1.82, 2.24) is 29.5 Å². The maximum Gasteiger partial charge on any atom is 0.257 e. The van der Waals surface area contributed by atoms with E-state index in [0.717, 1.165) is 17.8 Å². The number of aromatic nitrogens is 5. The van der Waals surface area contributed by atoms with Gasteiger partial charge in [0.05, 0.1) is 11.3 Å². The van der Waals surface area contributed by atoms with Crippen LogP contribution >= 0.6 is 11.6 Å². The fourth-order valence-electron chi connectivity index (χ4n) is 3.62. The van der Waals surface area contributed by atoms with Gasteiger partial charge in [-0.3, -0.25) is 4.79 Å². The van der Waals surface area contributed by atoms with E-state index in [1.807, 2.05) is 13.0 Å². The first kappa shape index (κ1) is 17.8. The van der Waals surface area contributed by atoms with E-state index >= 15 is 0 Å². The van der Waals surface area contributed by atoms with Gasteiger partial charge in [-0.1, -0.05) is 18.5 Å². The number of carbonyl (C=O) groups excluding carboxylic acids is 1.